The maximum atomic E-state index is 12.8. The number of likely N-dealkylation sites (N-methyl/N-ethyl adjacent to an activating group) is 1. The zero-order valence-corrected chi connectivity index (χ0v) is 14.5. The summed E-state index contributed by atoms with van der Waals surface area (Å²) in [6, 6.07) is 8.72. The van der Waals surface area contributed by atoms with Crippen molar-refractivity contribution in [1.29, 1.82) is 0 Å². The standard InChI is InChI=1S/C18H29N3O/c1-13(2)15-6-8-16(9-7-15)17(18(22)20(4)5)21-11-10-19-12-14(21)3/h6-9,13-14,17,19H,10-12H2,1-5H3. The summed E-state index contributed by atoms with van der Waals surface area (Å²) in [6.07, 6.45) is 0. The molecule has 1 heterocycles. The zero-order valence-electron chi connectivity index (χ0n) is 14.5. The normalized spacial score (nSPS) is 20.9. The Bertz CT molecular complexity index is 496. The van der Waals surface area contributed by atoms with Gasteiger partial charge in [0.15, 0.2) is 0 Å². The van der Waals surface area contributed by atoms with Gasteiger partial charge in [0.2, 0.25) is 5.91 Å². The summed E-state index contributed by atoms with van der Waals surface area (Å²) < 4.78 is 0. The largest absolute Gasteiger partial charge is 0.347 e. The first-order valence-electron chi connectivity index (χ1n) is 8.19. The van der Waals surface area contributed by atoms with Crippen LogP contribution in [-0.2, 0) is 4.79 Å². The molecule has 122 valence electrons. The molecule has 0 saturated carbocycles. The first kappa shape index (κ1) is 17.0. The number of hydrogen-bond donors (Lipinski definition) is 1. The number of amides is 1. The third-order valence-corrected chi connectivity index (χ3v) is 4.48. The van der Waals surface area contributed by atoms with E-state index in [1.165, 1.54) is 5.56 Å². The van der Waals surface area contributed by atoms with Gasteiger partial charge in [-0.05, 0) is 24.0 Å². The Morgan fingerprint density at radius 1 is 1.23 bits per heavy atom. The van der Waals surface area contributed by atoms with Gasteiger partial charge in [0.25, 0.3) is 0 Å². The molecule has 1 fully saturated rings. The number of carbonyl (C=O) groups excluding carboxylic acids is 1. The minimum atomic E-state index is -0.187. The van der Waals surface area contributed by atoms with E-state index in [9.17, 15) is 4.79 Å². The topological polar surface area (TPSA) is 35.6 Å². The van der Waals surface area contributed by atoms with Gasteiger partial charge in [-0.2, -0.15) is 0 Å². The molecule has 1 aliphatic rings. The van der Waals surface area contributed by atoms with Crippen LogP contribution in [0.1, 0.15) is 43.9 Å². The molecule has 1 saturated heterocycles. The molecule has 0 aromatic heterocycles. The number of benzene rings is 1. The highest BCUT2D eigenvalue weighted by molar-refractivity contribution is 5.83. The van der Waals surface area contributed by atoms with Crippen molar-refractivity contribution in [3.8, 4) is 0 Å². The summed E-state index contributed by atoms with van der Waals surface area (Å²) in [6.45, 7) is 9.33. The molecule has 1 amide bonds. The molecule has 1 aromatic carbocycles. The fourth-order valence-electron chi connectivity index (χ4n) is 3.02. The fraction of sp³-hybridized carbons (Fsp3) is 0.611. The summed E-state index contributed by atoms with van der Waals surface area (Å²) in [5.41, 5.74) is 2.41. The number of nitrogens with one attached hydrogen (secondary N) is 1. The van der Waals surface area contributed by atoms with Crippen LogP contribution in [0, 0.1) is 0 Å². The van der Waals surface area contributed by atoms with Crippen LogP contribution in [0.3, 0.4) is 0 Å². The van der Waals surface area contributed by atoms with E-state index in [0.717, 1.165) is 25.2 Å². The quantitative estimate of drug-likeness (QED) is 0.926. The van der Waals surface area contributed by atoms with Gasteiger partial charge in [0, 0.05) is 39.8 Å². The molecule has 22 heavy (non-hydrogen) atoms. The lowest BCUT2D eigenvalue weighted by Gasteiger charge is -2.40. The van der Waals surface area contributed by atoms with Gasteiger partial charge in [-0.15, -0.1) is 0 Å². The number of rotatable bonds is 4. The second kappa shape index (κ2) is 7.25. The predicted octanol–water partition coefficient (Wildman–Crippen LogP) is 2.23. The first-order valence-corrected chi connectivity index (χ1v) is 8.19. The van der Waals surface area contributed by atoms with Gasteiger partial charge >= 0.3 is 0 Å². The minimum Gasteiger partial charge on any atom is -0.347 e. The lowest BCUT2D eigenvalue weighted by molar-refractivity contribution is -0.136. The highest BCUT2D eigenvalue weighted by Gasteiger charge is 2.33. The van der Waals surface area contributed by atoms with E-state index in [2.05, 4.69) is 55.3 Å². The second-order valence-electron chi connectivity index (χ2n) is 6.75. The minimum absolute atomic E-state index is 0.158. The summed E-state index contributed by atoms with van der Waals surface area (Å²) in [5.74, 6) is 0.668. The van der Waals surface area contributed by atoms with Gasteiger partial charge in [-0.25, -0.2) is 0 Å². The van der Waals surface area contributed by atoms with E-state index in [4.69, 9.17) is 0 Å². The summed E-state index contributed by atoms with van der Waals surface area (Å²) in [4.78, 5) is 16.8. The molecule has 0 radical (unpaired) electrons. The number of piperazine rings is 1. The fourth-order valence-corrected chi connectivity index (χ4v) is 3.02. The van der Waals surface area contributed by atoms with Crippen molar-refractivity contribution in [2.45, 2.75) is 38.8 Å². The van der Waals surface area contributed by atoms with E-state index in [0.29, 0.717) is 12.0 Å². The molecule has 1 aromatic rings. The van der Waals surface area contributed by atoms with E-state index in [-0.39, 0.29) is 11.9 Å². The maximum Gasteiger partial charge on any atom is 0.244 e. The Morgan fingerprint density at radius 3 is 2.32 bits per heavy atom. The average Bonchev–Trinajstić information content (AvgIpc) is 2.49. The molecule has 2 unspecified atom stereocenters. The van der Waals surface area contributed by atoms with Gasteiger partial charge in [0.1, 0.15) is 6.04 Å². The van der Waals surface area contributed by atoms with Crippen LogP contribution in [0.2, 0.25) is 0 Å². The molecule has 1 N–H and O–H groups in total. The molecule has 0 aliphatic carbocycles. The van der Waals surface area contributed by atoms with E-state index in [1.54, 1.807) is 4.90 Å². The lowest BCUT2D eigenvalue weighted by atomic mass is 9.96. The Balaban J connectivity index is 2.33. The van der Waals surface area contributed by atoms with Gasteiger partial charge in [0.05, 0.1) is 0 Å². The maximum absolute atomic E-state index is 12.8. The second-order valence-corrected chi connectivity index (χ2v) is 6.75. The molecule has 4 nitrogen and oxygen atoms in total. The van der Waals surface area contributed by atoms with Crippen LogP contribution in [-0.4, -0.2) is 55.5 Å². The van der Waals surface area contributed by atoms with Crippen LogP contribution in [0.25, 0.3) is 0 Å². The van der Waals surface area contributed by atoms with E-state index >= 15 is 0 Å². The van der Waals surface area contributed by atoms with Crippen LogP contribution >= 0.6 is 0 Å². The monoisotopic (exact) mass is 303 g/mol. The molecule has 2 atom stereocenters. The number of hydrogen-bond acceptors (Lipinski definition) is 3. The Hall–Kier alpha value is -1.39. The summed E-state index contributed by atoms with van der Waals surface area (Å²) in [7, 11) is 3.68. The molecule has 0 spiro atoms. The molecule has 0 bridgehead atoms. The van der Waals surface area contributed by atoms with Crippen LogP contribution in [0.15, 0.2) is 24.3 Å². The van der Waals surface area contributed by atoms with Crippen molar-refractivity contribution in [3.05, 3.63) is 35.4 Å². The predicted molar refractivity (Wildman–Crippen MR) is 91.0 cm³/mol. The van der Waals surface area contributed by atoms with Crippen molar-refractivity contribution >= 4 is 5.91 Å². The van der Waals surface area contributed by atoms with Crippen LogP contribution < -0.4 is 5.32 Å². The molecule has 1 aliphatic heterocycles. The van der Waals surface area contributed by atoms with E-state index in [1.807, 2.05) is 14.1 Å². The molecular formula is C18H29N3O. The SMILES string of the molecule is CC(C)c1ccc(C(C(=O)N(C)C)N2CCNCC2C)cc1. The zero-order chi connectivity index (χ0) is 16.3. The van der Waals surface area contributed by atoms with Crippen molar-refractivity contribution in [1.82, 2.24) is 15.1 Å². The molecular weight excluding hydrogens is 274 g/mol. The summed E-state index contributed by atoms with van der Waals surface area (Å²) in [5, 5.41) is 3.40. The van der Waals surface area contributed by atoms with Gasteiger partial charge < -0.3 is 10.2 Å². The lowest BCUT2D eigenvalue weighted by Crippen LogP contribution is -2.54. The van der Waals surface area contributed by atoms with Gasteiger partial charge in [-0.3, -0.25) is 9.69 Å². The third-order valence-electron chi connectivity index (χ3n) is 4.48. The Morgan fingerprint density at radius 2 is 1.82 bits per heavy atom. The van der Waals surface area contributed by atoms with Crippen LogP contribution in [0.4, 0.5) is 0 Å². The first-order chi connectivity index (χ1) is 10.4. The smallest absolute Gasteiger partial charge is 0.244 e. The molecule has 2 rings (SSSR count). The van der Waals surface area contributed by atoms with Crippen molar-refractivity contribution in [3.63, 3.8) is 0 Å². The molecule has 4 heteroatoms. The Kier molecular flexibility index (Phi) is 5.59. The number of nitrogens with zero attached hydrogens (tertiary/aromatic N) is 2. The summed E-state index contributed by atoms with van der Waals surface area (Å²) >= 11 is 0. The highest BCUT2D eigenvalue weighted by Crippen LogP contribution is 2.27. The van der Waals surface area contributed by atoms with Gasteiger partial charge in [-0.1, -0.05) is 38.1 Å². The van der Waals surface area contributed by atoms with Crippen molar-refractivity contribution in [2.24, 2.45) is 0 Å². The van der Waals surface area contributed by atoms with Crippen molar-refractivity contribution in [2.75, 3.05) is 33.7 Å². The van der Waals surface area contributed by atoms with E-state index < -0.39 is 0 Å². The highest BCUT2D eigenvalue weighted by atomic mass is 16.2. The number of carbonyl (C=O) groups is 1. The van der Waals surface area contributed by atoms with Crippen LogP contribution in [0.5, 0.6) is 0 Å². The average molecular weight is 303 g/mol. The van der Waals surface area contributed by atoms with Crippen molar-refractivity contribution < 1.29 is 4.79 Å². The third kappa shape index (κ3) is 3.68. The Labute approximate surface area is 134 Å².